The molecule has 0 aromatic rings. The van der Waals surface area contributed by atoms with E-state index in [1.165, 1.54) is 77.6 Å². The molecule has 0 heterocycles. The molecule has 2 atom stereocenters. The fourth-order valence-electron chi connectivity index (χ4n) is 3.50. The monoisotopic (exact) mass is 428 g/mol. The van der Waals surface area contributed by atoms with Crippen LogP contribution in [-0.4, -0.2) is 29.4 Å². The molecule has 0 amide bonds. The van der Waals surface area contributed by atoms with Gasteiger partial charge in [0.15, 0.2) is 0 Å². The first-order valence-electron chi connectivity index (χ1n) is 11.5. The largest absolute Gasteiger partial charge is 1.00 e. The molecule has 164 valence electrons. The fraction of sp³-hybridized carbons (Fsp3) is 1.00. The summed E-state index contributed by atoms with van der Waals surface area (Å²) < 4.78 is 32.4. The Morgan fingerprint density at radius 2 is 1.00 bits per heavy atom. The van der Waals surface area contributed by atoms with Crippen molar-refractivity contribution >= 4 is 10.1 Å². The van der Waals surface area contributed by atoms with Gasteiger partial charge in [-0.2, -0.15) is 0 Å². The zero-order valence-electron chi connectivity index (χ0n) is 19.0. The van der Waals surface area contributed by atoms with Gasteiger partial charge in [0.1, 0.15) is 0 Å². The van der Waals surface area contributed by atoms with Gasteiger partial charge in [0.05, 0.1) is 16.2 Å². The van der Waals surface area contributed by atoms with Crippen LogP contribution in [0.5, 0.6) is 0 Å². The molecule has 0 aliphatic heterocycles. The number of rotatable bonds is 20. The van der Waals surface area contributed by atoms with E-state index < -0.39 is 15.4 Å². The Kier molecular flexibility index (Phi) is 23.4. The predicted octanol–water partition coefficient (Wildman–Crippen LogP) is 3.33. The summed E-state index contributed by atoms with van der Waals surface area (Å²) in [5.74, 6) is 0. The molecule has 28 heavy (non-hydrogen) atoms. The Morgan fingerprint density at radius 3 is 1.36 bits per heavy atom. The van der Waals surface area contributed by atoms with E-state index in [9.17, 15) is 18.1 Å². The Hall–Kier alpha value is 0.870. The average Bonchev–Trinajstić information content (AvgIpc) is 2.61. The average molecular weight is 429 g/mol. The SMILES string of the molecule is CCCCCCCCC(O)CCCCCCCCCCCC(C)S(=O)(=O)[O-].[Na+]. The predicted molar refractivity (Wildman–Crippen MR) is 114 cm³/mol. The Balaban J connectivity index is 0. The van der Waals surface area contributed by atoms with E-state index in [1.54, 1.807) is 0 Å². The molecule has 4 nitrogen and oxygen atoms in total. The molecule has 1 N–H and O–H groups in total. The molecule has 0 spiro atoms. The Morgan fingerprint density at radius 1 is 0.679 bits per heavy atom. The first-order valence-corrected chi connectivity index (χ1v) is 13.0. The molecule has 0 rings (SSSR count). The summed E-state index contributed by atoms with van der Waals surface area (Å²) >= 11 is 0. The number of hydrogen-bond donors (Lipinski definition) is 1. The third-order valence-electron chi connectivity index (χ3n) is 5.53. The van der Waals surface area contributed by atoms with Gasteiger partial charge in [0.2, 0.25) is 0 Å². The van der Waals surface area contributed by atoms with Crippen molar-refractivity contribution in [2.45, 2.75) is 141 Å². The van der Waals surface area contributed by atoms with E-state index in [2.05, 4.69) is 6.92 Å². The smallest absolute Gasteiger partial charge is 0.748 e. The second-order valence-electron chi connectivity index (χ2n) is 8.27. The summed E-state index contributed by atoms with van der Waals surface area (Å²) in [6.45, 7) is 3.74. The summed E-state index contributed by atoms with van der Waals surface area (Å²) in [6, 6.07) is 0. The zero-order chi connectivity index (χ0) is 20.4. The van der Waals surface area contributed by atoms with Gasteiger partial charge < -0.3 is 9.66 Å². The summed E-state index contributed by atoms with van der Waals surface area (Å²) in [5.41, 5.74) is 0. The summed E-state index contributed by atoms with van der Waals surface area (Å²) in [5, 5.41) is 9.27. The molecule has 0 aromatic heterocycles. The molecule has 0 saturated heterocycles. The first kappa shape index (κ1) is 31.1. The van der Waals surface area contributed by atoms with E-state index in [-0.39, 0.29) is 35.7 Å². The number of aliphatic hydroxyl groups is 1. The normalized spacial score (nSPS) is 13.9. The zero-order valence-corrected chi connectivity index (χ0v) is 21.8. The van der Waals surface area contributed by atoms with Crippen molar-refractivity contribution in [3.8, 4) is 0 Å². The van der Waals surface area contributed by atoms with E-state index >= 15 is 0 Å². The number of aliphatic hydroxyl groups excluding tert-OH is 1. The van der Waals surface area contributed by atoms with Crippen molar-refractivity contribution < 1.29 is 47.6 Å². The molecule has 2 unspecified atom stereocenters. The van der Waals surface area contributed by atoms with Crippen LogP contribution in [0.3, 0.4) is 0 Å². The van der Waals surface area contributed by atoms with Gasteiger partial charge in [-0.15, -0.1) is 0 Å². The molecular formula is C22H45NaO4S. The third-order valence-corrected chi connectivity index (χ3v) is 6.75. The van der Waals surface area contributed by atoms with Gasteiger partial charge in [0, 0.05) is 5.25 Å². The molecule has 6 heteroatoms. The minimum Gasteiger partial charge on any atom is -0.748 e. The molecule has 0 aliphatic carbocycles. The standard InChI is InChI=1S/C22H46O4S.Na/c1-3-4-5-6-13-16-19-22(23)20-17-14-11-9-7-8-10-12-15-18-21(2)27(24,25)26;/h21-23H,3-20H2,1-2H3,(H,24,25,26);/q;+1/p-1. The van der Waals surface area contributed by atoms with Crippen LogP contribution in [0.15, 0.2) is 0 Å². The van der Waals surface area contributed by atoms with Gasteiger partial charge in [-0.05, 0) is 26.2 Å². The van der Waals surface area contributed by atoms with E-state index in [4.69, 9.17) is 0 Å². The molecule has 0 bridgehead atoms. The molecule has 0 fully saturated rings. The van der Waals surface area contributed by atoms with Gasteiger partial charge in [-0.1, -0.05) is 103 Å². The van der Waals surface area contributed by atoms with Crippen molar-refractivity contribution in [1.29, 1.82) is 0 Å². The van der Waals surface area contributed by atoms with Crippen molar-refractivity contribution in [3.05, 3.63) is 0 Å². The minimum absolute atomic E-state index is 0. The van der Waals surface area contributed by atoms with Crippen molar-refractivity contribution in [3.63, 3.8) is 0 Å². The Bertz CT molecular complexity index is 415. The van der Waals surface area contributed by atoms with Crippen LogP contribution in [-0.2, 0) is 10.1 Å². The summed E-state index contributed by atoms with van der Waals surface area (Å²) in [4.78, 5) is 0. The van der Waals surface area contributed by atoms with E-state index in [0.29, 0.717) is 6.42 Å². The second kappa shape index (κ2) is 21.1. The molecule has 0 aromatic carbocycles. The molecule has 0 saturated carbocycles. The van der Waals surface area contributed by atoms with Gasteiger partial charge in [0.25, 0.3) is 0 Å². The van der Waals surface area contributed by atoms with E-state index in [0.717, 1.165) is 38.5 Å². The minimum atomic E-state index is -4.10. The summed E-state index contributed by atoms with van der Waals surface area (Å²) in [7, 11) is -4.10. The van der Waals surface area contributed by atoms with Gasteiger partial charge >= 0.3 is 29.6 Å². The number of hydrogen-bond acceptors (Lipinski definition) is 4. The van der Waals surface area contributed by atoms with Crippen molar-refractivity contribution in [2.75, 3.05) is 0 Å². The first-order chi connectivity index (χ1) is 12.9. The summed E-state index contributed by atoms with van der Waals surface area (Å²) in [6.07, 6.45) is 20.3. The van der Waals surface area contributed by atoms with Crippen molar-refractivity contribution in [1.82, 2.24) is 0 Å². The molecular weight excluding hydrogens is 383 g/mol. The van der Waals surface area contributed by atoms with Crippen LogP contribution in [0.2, 0.25) is 0 Å². The third kappa shape index (κ3) is 21.6. The van der Waals surface area contributed by atoms with Gasteiger partial charge in [-0.3, -0.25) is 0 Å². The van der Waals surface area contributed by atoms with Crippen LogP contribution >= 0.6 is 0 Å². The molecule has 0 aliphatic rings. The maximum absolute atomic E-state index is 10.8. The van der Waals surface area contributed by atoms with Crippen LogP contribution in [0.4, 0.5) is 0 Å². The van der Waals surface area contributed by atoms with Crippen LogP contribution in [0.25, 0.3) is 0 Å². The number of unbranched alkanes of at least 4 members (excludes halogenated alkanes) is 13. The maximum atomic E-state index is 10.8. The molecule has 0 radical (unpaired) electrons. The van der Waals surface area contributed by atoms with Crippen LogP contribution in [0.1, 0.15) is 129 Å². The topological polar surface area (TPSA) is 77.4 Å². The van der Waals surface area contributed by atoms with Crippen LogP contribution < -0.4 is 29.6 Å². The van der Waals surface area contributed by atoms with Crippen molar-refractivity contribution in [2.24, 2.45) is 0 Å². The van der Waals surface area contributed by atoms with Gasteiger partial charge in [-0.25, -0.2) is 8.42 Å². The quantitative estimate of drug-likeness (QED) is 0.183. The maximum Gasteiger partial charge on any atom is 1.00 e. The Labute approximate surface area is 197 Å². The van der Waals surface area contributed by atoms with E-state index in [1.807, 2.05) is 0 Å². The fourth-order valence-corrected chi connectivity index (χ4v) is 3.95. The van der Waals surface area contributed by atoms with Crippen LogP contribution in [0, 0.1) is 0 Å². The second-order valence-corrected chi connectivity index (χ2v) is 10.1.